The number of nitrogens with one attached hydrogen (secondary N) is 1. The molecule has 3 aliphatic rings. The van der Waals surface area contributed by atoms with Gasteiger partial charge in [-0.25, -0.2) is 4.79 Å². The summed E-state index contributed by atoms with van der Waals surface area (Å²) in [4.78, 5) is 14.1. The number of carbonyl (C=O) groups is 1. The first-order valence-electron chi connectivity index (χ1n) is 7.66. The summed E-state index contributed by atoms with van der Waals surface area (Å²) in [6.07, 6.45) is 3.34. The van der Waals surface area contributed by atoms with Gasteiger partial charge >= 0.3 is 6.03 Å². The van der Waals surface area contributed by atoms with Crippen LogP contribution in [0.15, 0.2) is 4.42 Å². The van der Waals surface area contributed by atoms with Crippen LogP contribution >= 0.6 is 0 Å². The van der Waals surface area contributed by atoms with Crippen molar-refractivity contribution < 1.29 is 13.9 Å². The van der Waals surface area contributed by atoms with Crippen LogP contribution in [0, 0.1) is 18.8 Å². The molecule has 2 aliphatic carbocycles. The van der Waals surface area contributed by atoms with E-state index in [0.29, 0.717) is 37.5 Å². The number of carbonyl (C=O) groups excluding carboxylic acids is 1. The number of hydrogen-bond donors (Lipinski definition) is 1. The Hall–Kier alpha value is -1.63. The minimum atomic E-state index is -0.317. The van der Waals surface area contributed by atoms with Crippen LogP contribution in [0.4, 0.5) is 4.79 Å². The minimum Gasteiger partial charge on any atom is -0.423 e. The maximum absolute atomic E-state index is 12.4. The van der Waals surface area contributed by atoms with Gasteiger partial charge in [-0.2, -0.15) is 0 Å². The predicted molar refractivity (Wildman–Crippen MR) is 72.5 cm³/mol. The molecule has 3 unspecified atom stereocenters. The van der Waals surface area contributed by atoms with E-state index in [-0.39, 0.29) is 12.1 Å². The molecule has 0 aromatic carbocycles. The number of fused-ring (bicyclic) bond motifs is 1. The quantitative estimate of drug-likeness (QED) is 0.887. The molecule has 1 aliphatic heterocycles. The molecule has 2 saturated carbocycles. The van der Waals surface area contributed by atoms with Crippen LogP contribution in [0.25, 0.3) is 0 Å². The number of nitrogens with zero attached hydrogens (tertiary/aromatic N) is 3. The second-order valence-corrected chi connectivity index (χ2v) is 6.34. The van der Waals surface area contributed by atoms with Crippen molar-refractivity contribution in [3.63, 3.8) is 0 Å². The van der Waals surface area contributed by atoms with E-state index in [1.54, 1.807) is 11.8 Å². The molecule has 1 aromatic rings. The van der Waals surface area contributed by atoms with E-state index in [1.807, 2.05) is 0 Å². The Balaban J connectivity index is 1.35. The monoisotopic (exact) mass is 292 g/mol. The highest BCUT2D eigenvalue weighted by molar-refractivity contribution is 5.74. The van der Waals surface area contributed by atoms with Crippen LogP contribution in [0.2, 0.25) is 0 Å². The van der Waals surface area contributed by atoms with Gasteiger partial charge in [-0.05, 0) is 31.1 Å². The van der Waals surface area contributed by atoms with Crippen LogP contribution < -0.4 is 5.32 Å². The maximum Gasteiger partial charge on any atom is 0.317 e. The molecule has 2 heterocycles. The van der Waals surface area contributed by atoms with Crippen LogP contribution in [0.3, 0.4) is 0 Å². The van der Waals surface area contributed by atoms with Crippen LogP contribution in [-0.2, 0) is 4.74 Å². The lowest BCUT2D eigenvalue weighted by Crippen LogP contribution is -2.49. The molecule has 114 valence electrons. The number of ether oxygens (including phenoxy) is 1. The first kappa shape index (κ1) is 13.1. The van der Waals surface area contributed by atoms with E-state index in [1.165, 1.54) is 6.42 Å². The van der Waals surface area contributed by atoms with E-state index < -0.39 is 0 Å². The summed E-state index contributed by atoms with van der Waals surface area (Å²) in [5.74, 6) is 2.70. The fraction of sp³-hybridized carbons (Fsp3) is 0.786. The molecular weight excluding hydrogens is 272 g/mol. The van der Waals surface area contributed by atoms with Crippen molar-refractivity contribution in [2.45, 2.75) is 38.3 Å². The van der Waals surface area contributed by atoms with E-state index in [0.717, 1.165) is 24.7 Å². The highest BCUT2D eigenvalue weighted by Gasteiger charge is 2.46. The molecule has 0 radical (unpaired) electrons. The molecule has 7 heteroatoms. The minimum absolute atomic E-state index is 0.00540. The number of amides is 2. The zero-order chi connectivity index (χ0) is 14.4. The van der Waals surface area contributed by atoms with E-state index in [9.17, 15) is 4.79 Å². The van der Waals surface area contributed by atoms with Gasteiger partial charge in [0.15, 0.2) is 6.10 Å². The van der Waals surface area contributed by atoms with Gasteiger partial charge in [0.05, 0.1) is 13.2 Å². The lowest BCUT2D eigenvalue weighted by Gasteiger charge is -2.32. The van der Waals surface area contributed by atoms with Crippen molar-refractivity contribution in [1.82, 2.24) is 20.4 Å². The summed E-state index contributed by atoms with van der Waals surface area (Å²) in [6, 6.07) is 0.360. The van der Waals surface area contributed by atoms with Crippen molar-refractivity contribution >= 4 is 6.03 Å². The van der Waals surface area contributed by atoms with Crippen molar-refractivity contribution in [2.24, 2.45) is 11.8 Å². The lowest BCUT2D eigenvalue weighted by molar-refractivity contribution is -0.0294. The molecule has 0 spiro atoms. The number of aryl methyl sites for hydroxylation is 1. The van der Waals surface area contributed by atoms with Gasteiger partial charge in [0.25, 0.3) is 0 Å². The number of urea groups is 1. The third kappa shape index (κ3) is 2.62. The second-order valence-electron chi connectivity index (χ2n) is 6.34. The molecule has 3 atom stereocenters. The Morgan fingerprint density at radius 1 is 1.29 bits per heavy atom. The van der Waals surface area contributed by atoms with Gasteiger partial charge in [0.1, 0.15) is 0 Å². The van der Waals surface area contributed by atoms with Gasteiger partial charge in [0, 0.05) is 19.5 Å². The topological polar surface area (TPSA) is 80.5 Å². The summed E-state index contributed by atoms with van der Waals surface area (Å²) in [6.45, 7) is 3.31. The van der Waals surface area contributed by atoms with Gasteiger partial charge in [-0.15, -0.1) is 10.2 Å². The van der Waals surface area contributed by atoms with Crippen LogP contribution in [0.1, 0.15) is 37.1 Å². The highest BCUT2D eigenvalue weighted by atomic mass is 16.5. The standard InChI is InChI=1S/C14H20N4O3/c1-8-16-17-13(21-8)12-7-18(2-3-20-12)14(19)15-11-5-9-4-10(9)6-11/h9-12H,2-7H2,1H3,(H,15,19). The Bertz CT molecular complexity index is 536. The third-order valence-corrected chi connectivity index (χ3v) is 4.74. The third-order valence-electron chi connectivity index (χ3n) is 4.74. The fourth-order valence-electron chi connectivity index (χ4n) is 3.52. The number of rotatable bonds is 2. The van der Waals surface area contributed by atoms with Crippen LogP contribution in [0.5, 0.6) is 0 Å². The predicted octanol–water partition coefficient (Wildman–Crippen LogP) is 1.26. The van der Waals surface area contributed by atoms with Gasteiger partial charge in [-0.3, -0.25) is 0 Å². The second kappa shape index (κ2) is 4.98. The van der Waals surface area contributed by atoms with E-state index in [2.05, 4.69) is 15.5 Å². The Morgan fingerprint density at radius 3 is 2.81 bits per heavy atom. The molecule has 3 fully saturated rings. The first-order chi connectivity index (χ1) is 10.2. The summed E-state index contributed by atoms with van der Waals surface area (Å²) in [7, 11) is 0. The van der Waals surface area contributed by atoms with Crippen LogP contribution in [-0.4, -0.2) is 46.9 Å². The largest absolute Gasteiger partial charge is 0.423 e. The SMILES string of the molecule is Cc1nnc(C2CN(C(=O)NC3CC4CC4C3)CCO2)o1. The van der Waals surface area contributed by atoms with Crippen molar-refractivity contribution in [3.8, 4) is 0 Å². The van der Waals surface area contributed by atoms with E-state index >= 15 is 0 Å². The van der Waals surface area contributed by atoms with Crippen molar-refractivity contribution in [3.05, 3.63) is 11.8 Å². The molecule has 1 N–H and O–H groups in total. The van der Waals surface area contributed by atoms with Gasteiger partial charge in [-0.1, -0.05) is 0 Å². The van der Waals surface area contributed by atoms with Crippen molar-refractivity contribution in [2.75, 3.05) is 19.7 Å². The van der Waals surface area contributed by atoms with Gasteiger partial charge < -0.3 is 19.4 Å². The molecule has 1 aromatic heterocycles. The summed E-state index contributed by atoms with van der Waals surface area (Å²) < 4.78 is 11.0. The molecule has 7 nitrogen and oxygen atoms in total. The Labute approximate surface area is 123 Å². The zero-order valence-corrected chi connectivity index (χ0v) is 12.1. The van der Waals surface area contributed by atoms with Gasteiger partial charge in [0.2, 0.25) is 11.8 Å². The van der Waals surface area contributed by atoms with E-state index in [4.69, 9.17) is 9.15 Å². The maximum atomic E-state index is 12.4. The molecular formula is C14H20N4O3. The summed E-state index contributed by atoms with van der Waals surface area (Å²) in [5.41, 5.74) is 0. The highest BCUT2D eigenvalue weighted by Crippen LogP contribution is 2.51. The Kier molecular flexibility index (Phi) is 3.10. The average Bonchev–Trinajstić information content (AvgIpc) is 2.89. The number of morpholine rings is 1. The fourth-order valence-corrected chi connectivity index (χ4v) is 3.52. The molecule has 1 saturated heterocycles. The molecule has 2 amide bonds. The average molecular weight is 292 g/mol. The molecule has 21 heavy (non-hydrogen) atoms. The summed E-state index contributed by atoms with van der Waals surface area (Å²) >= 11 is 0. The first-order valence-corrected chi connectivity index (χ1v) is 7.66. The molecule has 0 bridgehead atoms. The lowest BCUT2D eigenvalue weighted by atomic mass is 10.1. The summed E-state index contributed by atoms with van der Waals surface area (Å²) in [5, 5.41) is 10.9. The van der Waals surface area contributed by atoms with Crippen molar-refractivity contribution in [1.29, 1.82) is 0 Å². The zero-order valence-electron chi connectivity index (χ0n) is 12.1. The molecule has 4 rings (SSSR count). The normalized spacial score (nSPS) is 34.6. The Morgan fingerprint density at radius 2 is 2.10 bits per heavy atom. The number of aromatic nitrogens is 2. The number of hydrogen-bond acceptors (Lipinski definition) is 5. The smallest absolute Gasteiger partial charge is 0.317 e.